The van der Waals surface area contributed by atoms with Crippen LogP contribution in [0.4, 0.5) is 0 Å². The molecule has 20 heavy (non-hydrogen) atoms. The molecule has 1 aliphatic carbocycles. The van der Waals surface area contributed by atoms with Crippen molar-refractivity contribution in [1.29, 1.82) is 0 Å². The topological polar surface area (TPSA) is 49.8 Å². The summed E-state index contributed by atoms with van der Waals surface area (Å²) in [4.78, 5) is 13.2. The van der Waals surface area contributed by atoms with Crippen LogP contribution in [0.25, 0.3) is 0 Å². The molecule has 114 valence electrons. The lowest BCUT2D eigenvalue weighted by Gasteiger charge is -2.34. The van der Waals surface area contributed by atoms with Crippen LogP contribution in [0.3, 0.4) is 0 Å². The summed E-state index contributed by atoms with van der Waals surface area (Å²) in [6.07, 6.45) is 10.7. The fraction of sp³-hybridized carbons (Fsp3) is 0.938. The Hall–Kier alpha value is -0.610. The van der Waals surface area contributed by atoms with E-state index in [0.29, 0.717) is 18.4 Å². The Kier molecular flexibility index (Phi) is 4.32. The average Bonchev–Trinajstić information content (AvgIpc) is 2.99. The third kappa shape index (κ3) is 3.34. The van der Waals surface area contributed by atoms with Crippen LogP contribution in [-0.4, -0.2) is 47.3 Å². The SMILES string of the molecule is O=C(O)CC1CCN(CC2CCC3(CCCCC3)O2)C1. The maximum absolute atomic E-state index is 10.8. The highest BCUT2D eigenvalue weighted by Crippen LogP contribution is 2.42. The van der Waals surface area contributed by atoms with Gasteiger partial charge in [0.15, 0.2) is 0 Å². The second-order valence-corrected chi connectivity index (χ2v) is 7.03. The van der Waals surface area contributed by atoms with E-state index in [9.17, 15) is 4.79 Å². The molecule has 2 unspecified atom stereocenters. The standard InChI is InChI=1S/C16H27NO3/c18-15(19)10-13-5-9-17(11-13)12-14-4-8-16(20-14)6-2-1-3-7-16/h13-14H,1-12H2,(H,18,19). The summed E-state index contributed by atoms with van der Waals surface area (Å²) >= 11 is 0. The average molecular weight is 281 g/mol. The van der Waals surface area contributed by atoms with Crippen molar-refractivity contribution < 1.29 is 14.6 Å². The van der Waals surface area contributed by atoms with E-state index >= 15 is 0 Å². The first-order chi connectivity index (χ1) is 9.65. The van der Waals surface area contributed by atoms with Crippen molar-refractivity contribution in [3.63, 3.8) is 0 Å². The maximum Gasteiger partial charge on any atom is 0.303 e. The second-order valence-electron chi connectivity index (χ2n) is 7.03. The molecule has 3 rings (SSSR count). The minimum atomic E-state index is -0.657. The lowest BCUT2D eigenvalue weighted by molar-refractivity contribution is -0.138. The van der Waals surface area contributed by atoms with Crippen molar-refractivity contribution in [1.82, 2.24) is 4.90 Å². The number of ether oxygens (including phenoxy) is 1. The normalized spacial score (nSPS) is 33.8. The minimum absolute atomic E-state index is 0.211. The van der Waals surface area contributed by atoms with E-state index in [1.165, 1.54) is 44.9 Å². The van der Waals surface area contributed by atoms with Crippen LogP contribution in [0, 0.1) is 5.92 Å². The molecular weight excluding hydrogens is 254 g/mol. The van der Waals surface area contributed by atoms with Gasteiger partial charge in [0.1, 0.15) is 0 Å². The highest BCUT2D eigenvalue weighted by molar-refractivity contribution is 5.67. The van der Waals surface area contributed by atoms with Gasteiger partial charge in [0.2, 0.25) is 0 Å². The van der Waals surface area contributed by atoms with Gasteiger partial charge in [-0.3, -0.25) is 4.79 Å². The molecular formula is C16H27NO3. The van der Waals surface area contributed by atoms with Gasteiger partial charge in [-0.2, -0.15) is 0 Å². The Labute approximate surface area is 121 Å². The van der Waals surface area contributed by atoms with E-state index < -0.39 is 5.97 Å². The predicted molar refractivity (Wildman–Crippen MR) is 76.7 cm³/mol. The van der Waals surface area contributed by atoms with Gasteiger partial charge in [-0.15, -0.1) is 0 Å². The van der Waals surface area contributed by atoms with Crippen molar-refractivity contribution in [3.8, 4) is 0 Å². The van der Waals surface area contributed by atoms with Crippen LogP contribution in [0.15, 0.2) is 0 Å². The molecule has 1 spiro atoms. The Morgan fingerprint density at radius 3 is 2.75 bits per heavy atom. The number of hydrogen-bond donors (Lipinski definition) is 1. The molecule has 0 radical (unpaired) electrons. The van der Waals surface area contributed by atoms with Gasteiger partial charge < -0.3 is 14.7 Å². The molecule has 2 saturated heterocycles. The quantitative estimate of drug-likeness (QED) is 0.860. The number of hydrogen-bond acceptors (Lipinski definition) is 3. The Morgan fingerprint density at radius 1 is 1.20 bits per heavy atom. The summed E-state index contributed by atoms with van der Waals surface area (Å²) in [7, 11) is 0. The Balaban J connectivity index is 1.44. The molecule has 3 fully saturated rings. The summed E-state index contributed by atoms with van der Waals surface area (Å²) in [5.41, 5.74) is 0.211. The molecule has 1 N–H and O–H groups in total. The number of carboxylic acid groups (broad SMARTS) is 1. The molecule has 2 aliphatic heterocycles. The van der Waals surface area contributed by atoms with Gasteiger partial charge in [-0.1, -0.05) is 19.3 Å². The zero-order valence-corrected chi connectivity index (χ0v) is 12.4. The third-order valence-electron chi connectivity index (χ3n) is 5.40. The minimum Gasteiger partial charge on any atom is -0.481 e. The van der Waals surface area contributed by atoms with Crippen LogP contribution in [0.1, 0.15) is 57.8 Å². The molecule has 0 aromatic carbocycles. The van der Waals surface area contributed by atoms with Gasteiger partial charge in [0.05, 0.1) is 11.7 Å². The third-order valence-corrected chi connectivity index (χ3v) is 5.40. The van der Waals surface area contributed by atoms with E-state index in [-0.39, 0.29) is 5.60 Å². The molecule has 2 heterocycles. The van der Waals surface area contributed by atoms with Crippen molar-refractivity contribution in [3.05, 3.63) is 0 Å². The molecule has 0 amide bonds. The van der Waals surface area contributed by atoms with Gasteiger partial charge in [0, 0.05) is 19.5 Å². The summed E-state index contributed by atoms with van der Waals surface area (Å²) in [5.74, 6) is -0.312. The number of carbonyl (C=O) groups is 1. The van der Waals surface area contributed by atoms with Crippen LogP contribution in [-0.2, 0) is 9.53 Å². The molecule has 4 nitrogen and oxygen atoms in total. The summed E-state index contributed by atoms with van der Waals surface area (Å²) in [5, 5.41) is 8.87. The van der Waals surface area contributed by atoms with Gasteiger partial charge in [0.25, 0.3) is 0 Å². The summed E-state index contributed by atoms with van der Waals surface area (Å²) in [6.45, 7) is 3.00. The Bertz CT molecular complexity index is 352. The fourth-order valence-electron chi connectivity index (χ4n) is 4.37. The molecule has 0 aromatic heterocycles. The van der Waals surface area contributed by atoms with Crippen LogP contribution in [0.2, 0.25) is 0 Å². The van der Waals surface area contributed by atoms with E-state index in [2.05, 4.69) is 4.90 Å². The summed E-state index contributed by atoms with van der Waals surface area (Å²) in [6, 6.07) is 0. The highest BCUT2D eigenvalue weighted by Gasteiger charge is 2.41. The second kappa shape index (κ2) is 6.02. The predicted octanol–water partition coefficient (Wildman–Crippen LogP) is 2.66. The lowest BCUT2D eigenvalue weighted by Crippen LogP contribution is -2.36. The first-order valence-corrected chi connectivity index (χ1v) is 8.27. The number of rotatable bonds is 4. The molecule has 1 saturated carbocycles. The van der Waals surface area contributed by atoms with Crippen molar-refractivity contribution in [2.45, 2.75) is 69.5 Å². The maximum atomic E-state index is 10.8. The van der Waals surface area contributed by atoms with Gasteiger partial charge in [-0.25, -0.2) is 0 Å². The van der Waals surface area contributed by atoms with Crippen molar-refractivity contribution in [2.24, 2.45) is 5.92 Å². The lowest BCUT2D eigenvalue weighted by atomic mass is 9.83. The molecule has 2 atom stereocenters. The zero-order chi connectivity index (χ0) is 14.0. The van der Waals surface area contributed by atoms with Crippen LogP contribution < -0.4 is 0 Å². The van der Waals surface area contributed by atoms with E-state index in [1.807, 2.05) is 0 Å². The number of nitrogens with zero attached hydrogens (tertiary/aromatic N) is 1. The largest absolute Gasteiger partial charge is 0.481 e. The van der Waals surface area contributed by atoms with Crippen molar-refractivity contribution in [2.75, 3.05) is 19.6 Å². The van der Waals surface area contributed by atoms with E-state index in [0.717, 1.165) is 26.1 Å². The van der Waals surface area contributed by atoms with E-state index in [1.54, 1.807) is 0 Å². The summed E-state index contributed by atoms with van der Waals surface area (Å²) < 4.78 is 6.41. The Morgan fingerprint density at radius 2 is 2.00 bits per heavy atom. The number of aliphatic carboxylic acids is 1. The van der Waals surface area contributed by atoms with E-state index in [4.69, 9.17) is 9.84 Å². The zero-order valence-electron chi connectivity index (χ0n) is 12.4. The van der Waals surface area contributed by atoms with Crippen molar-refractivity contribution >= 4 is 5.97 Å². The van der Waals surface area contributed by atoms with Gasteiger partial charge >= 0.3 is 5.97 Å². The molecule has 3 aliphatic rings. The molecule has 0 aromatic rings. The van der Waals surface area contributed by atoms with Gasteiger partial charge in [-0.05, 0) is 44.6 Å². The van der Waals surface area contributed by atoms with Crippen LogP contribution in [0.5, 0.6) is 0 Å². The first-order valence-electron chi connectivity index (χ1n) is 8.27. The highest BCUT2D eigenvalue weighted by atomic mass is 16.5. The first kappa shape index (κ1) is 14.3. The number of carboxylic acids is 1. The van der Waals surface area contributed by atoms with Crippen LogP contribution >= 0.6 is 0 Å². The fourth-order valence-corrected chi connectivity index (χ4v) is 4.37. The molecule has 0 bridgehead atoms. The number of likely N-dealkylation sites (tertiary alicyclic amines) is 1. The smallest absolute Gasteiger partial charge is 0.303 e. The monoisotopic (exact) mass is 281 g/mol. The molecule has 4 heteroatoms.